The lowest BCUT2D eigenvalue weighted by molar-refractivity contribution is -0.123. The average molecular weight is 334 g/mol. The molecule has 2 rings (SSSR count). The molecule has 0 saturated carbocycles. The molecule has 0 bridgehead atoms. The topological polar surface area (TPSA) is 50.8 Å². The highest BCUT2D eigenvalue weighted by Gasteiger charge is 2.30. The van der Waals surface area contributed by atoms with Gasteiger partial charge in [-0.2, -0.15) is 0 Å². The predicted octanol–water partition coefficient (Wildman–Crippen LogP) is 3.00. The number of amides is 1. The number of nitrogens with zero attached hydrogens (tertiary/aromatic N) is 1. The van der Waals surface area contributed by atoms with E-state index < -0.39 is 0 Å². The van der Waals surface area contributed by atoms with E-state index in [9.17, 15) is 4.79 Å². The first-order valence-corrected chi connectivity index (χ1v) is 8.71. The van der Waals surface area contributed by atoms with Crippen LogP contribution < -0.4 is 14.8 Å². The Balaban J connectivity index is 2.11. The second-order valence-corrected chi connectivity index (χ2v) is 6.84. The molecule has 1 fully saturated rings. The molecule has 1 amide bonds. The third kappa shape index (κ3) is 4.41. The lowest BCUT2D eigenvalue weighted by Gasteiger charge is -2.27. The van der Waals surface area contributed by atoms with Crippen LogP contribution >= 0.6 is 0 Å². The number of methoxy groups -OCH3 is 2. The summed E-state index contributed by atoms with van der Waals surface area (Å²) in [6, 6.07) is 6.24. The molecule has 1 saturated heterocycles. The van der Waals surface area contributed by atoms with Gasteiger partial charge in [0.25, 0.3) is 0 Å². The van der Waals surface area contributed by atoms with E-state index >= 15 is 0 Å². The monoisotopic (exact) mass is 334 g/mol. The predicted molar refractivity (Wildman–Crippen MR) is 95.5 cm³/mol. The molecule has 5 heteroatoms. The molecule has 1 N–H and O–H groups in total. The molecule has 1 heterocycles. The van der Waals surface area contributed by atoms with Crippen molar-refractivity contribution in [3.63, 3.8) is 0 Å². The third-order valence-corrected chi connectivity index (χ3v) is 4.89. The molecule has 24 heavy (non-hydrogen) atoms. The number of likely N-dealkylation sites (tertiary alicyclic amines) is 1. The number of benzene rings is 1. The number of carbonyl (C=O) groups is 1. The normalized spacial score (nSPS) is 19.3. The van der Waals surface area contributed by atoms with Crippen LogP contribution in [0.1, 0.15) is 45.2 Å². The summed E-state index contributed by atoms with van der Waals surface area (Å²) in [5.74, 6) is 2.19. The summed E-state index contributed by atoms with van der Waals surface area (Å²) in [6.45, 7) is 7.63. The zero-order valence-electron chi connectivity index (χ0n) is 15.5. The van der Waals surface area contributed by atoms with Crippen molar-refractivity contribution in [3.8, 4) is 11.5 Å². The number of carbonyl (C=O) groups excluding carboxylic acids is 1. The molecular formula is C19H30N2O3. The summed E-state index contributed by atoms with van der Waals surface area (Å²) in [7, 11) is 3.35. The van der Waals surface area contributed by atoms with Crippen LogP contribution in [0.25, 0.3) is 0 Å². The Morgan fingerprint density at radius 2 is 2.04 bits per heavy atom. The molecule has 0 aliphatic carbocycles. The molecule has 5 nitrogen and oxygen atoms in total. The molecule has 0 radical (unpaired) electrons. The van der Waals surface area contributed by atoms with Crippen molar-refractivity contribution in [3.05, 3.63) is 23.8 Å². The first kappa shape index (κ1) is 18.6. The minimum atomic E-state index is 0.0879. The van der Waals surface area contributed by atoms with Gasteiger partial charge in [-0.15, -0.1) is 0 Å². The van der Waals surface area contributed by atoms with Crippen LogP contribution in [-0.4, -0.2) is 44.2 Å². The highest BCUT2D eigenvalue weighted by molar-refractivity contribution is 5.78. The van der Waals surface area contributed by atoms with Crippen molar-refractivity contribution in [1.82, 2.24) is 10.2 Å². The van der Waals surface area contributed by atoms with Gasteiger partial charge in [0.2, 0.25) is 5.91 Å². The maximum Gasteiger partial charge on any atom is 0.234 e. The second-order valence-electron chi connectivity index (χ2n) is 6.84. The van der Waals surface area contributed by atoms with E-state index in [4.69, 9.17) is 9.47 Å². The first-order chi connectivity index (χ1) is 11.5. The minimum absolute atomic E-state index is 0.0879. The van der Waals surface area contributed by atoms with Crippen molar-refractivity contribution in [2.75, 3.05) is 27.3 Å². The Bertz CT molecular complexity index is 560. The van der Waals surface area contributed by atoms with Gasteiger partial charge in [0.1, 0.15) is 11.5 Å². The van der Waals surface area contributed by atoms with Gasteiger partial charge in [0.05, 0.1) is 20.8 Å². The Kier molecular flexibility index (Phi) is 6.49. The van der Waals surface area contributed by atoms with E-state index in [-0.39, 0.29) is 18.0 Å². The molecule has 0 spiro atoms. The smallest absolute Gasteiger partial charge is 0.234 e. The Labute approximate surface area is 145 Å². The van der Waals surface area contributed by atoms with Crippen molar-refractivity contribution >= 4 is 5.91 Å². The van der Waals surface area contributed by atoms with Gasteiger partial charge in [-0.05, 0) is 50.4 Å². The standard InChI is InChI=1S/C19H30N2O3/c1-13(2)14(3)20-19(22)12-21-10-6-7-17(21)16-11-15(23-4)8-9-18(16)24-5/h8-9,11,13-14,17H,6-7,10,12H2,1-5H3,(H,20,22). The van der Waals surface area contributed by atoms with Crippen LogP contribution in [0, 0.1) is 5.92 Å². The highest BCUT2D eigenvalue weighted by Crippen LogP contribution is 2.38. The molecular weight excluding hydrogens is 304 g/mol. The average Bonchev–Trinajstić information content (AvgIpc) is 3.01. The summed E-state index contributed by atoms with van der Waals surface area (Å²) < 4.78 is 10.9. The van der Waals surface area contributed by atoms with E-state index in [0.29, 0.717) is 12.5 Å². The van der Waals surface area contributed by atoms with Crippen LogP contribution in [0.15, 0.2) is 18.2 Å². The third-order valence-electron chi connectivity index (χ3n) is 4.89. The van der Waals surface area contributed by atoms with Gasteiger partial charge < -0.3 is 14.8 Å². The van der Waals surface area contributed by atoms with Gasteiger partial charge in [-0.1, -0.05) is 13.8 Å². The van der Waals surface area contributed by atoms with Crippen molar-refractivity contribution in [2.24, 2.45) is 5.92 Å². The molecule has 2 atom stereocenters. The summed E-state index contributed by atoms with van der Waals surface area (Å²) in [5.41, 5.74) is 1.10. The van der Waals surface area contributed by atoms with Crippen LogP contribution in [-0.2, 0) is 4.79 Å². The maximum absolute atomic E-state index is 12.4. The molecule has 1 aliphatic heterocycles. The SMILES string of the molecule is COc1ccc(OC)c(C2CCCN2CC(=O)NC(C)C(C)C)c1. The number of rotatable bonds is 7. The Morgan fingerprint density at radius 3 is 2.67 bits per heavy atom. The lowest BCUT2D eigenvalue weighted by Crippen LogP contribution is -2.42. The van der Waals surface area contributed by atoms with Gasteiger partial charge in [0.15, 0.2) is 0 Å². The fraction of sp³-hybridized carbons (Fsp3) is 0.632. The fourth-order valence-corrected chi connectivity index (χ4v) is 3.12. The van der Waals surface area contributed by atoms with E-state index in [1.54, 1.807) is 14.2 Å². The number of hydrogen-bond acceptors (Lipinski definition) is 4. The van der Waals surface area contributed by atoms with Crippen molar-refractivity contribution < 1.29 is 14.3 Å². The van der Waals surface area contributed by atoms with E-state index in [1.165, 1.54) is 0 Å². The summed E-state index contributed by atoms with van der Waals surface area (Å²) in [6.07, 6.45) is 2.11. The molecule has 0 aromatic heterocycles. The van der Waals surface area contributed by atoms with E-state index in [1.807, 2.05) is 18.2 Å². The Hall–Kier alpha value is -1.75. The fourth-order valence-electron chi connectivity index (χ4n) is 3.12. The zero-order valence-corrected chi connectivity index (χ0v) is 15.5. The second kappa shape index (κ2) is 8.38. The minimum Gasteiger partial charge on any atom is -0.497 e. The molecule has 1 aromatic rings. The molecule has 1 aliphatic rings. The maximum atomic E-state index is 12.4. The summed E-state index contributed by atoms with van der Waals surface area (Å²) in [5, 5.41) is 3.09. The van der Waals surface area contributed by atoms with Gasteiger partial charge >= 0.3 is 0 Å². The van der Waals surface area contributed by atoms with Gasteiger partial charge in [0, 0.05) is 17.6 Å². The van der Waals surface area contributed by atoms with Gasteiger partial charge in [-0.25, -0.2) is 0 Å². The highest BCUT2D eigenvalue weighted by atomic mass is 16.5. The van der Waals surface area contributed by atoms with Crippen LogP contribution in [0.4, 0.5) is 0 Å². The summed E-state index contributed by atoms with van der Waals surface area (Å²) >= 11 is 0. The van der Waals surface area contributed by atoms with Crippen molar-refractivity contribution in [2.45, 2.75) is 45.7 Å². The Morgan fingerprint density at radius 1 is 1.29 bits per heavy atom. The van der Waals surface area contributed by atoms with Crippen LogP contribution in [0.5, 0.6) is 11.5 Å². The number of nitrogens with one attached hydrogen (secondary N) is 1. The van der Waals surface area contributed by atoms with Gasteiger partial charge in [-0.3, -0.25) is 9.69 Å². The zero-order chi connectivity index (χ0) is 17.7. The largest absolute Gasteiger partial charge is 0.497 e. The van der Waals surface area contributed by atoms with Crippen molar-refractivity contribution in [1.29, 1.82) is 0 Å². The number of hydrogen-bond donors (Lipinski definition) is 1. The lowest BCUT2D eigenvalue weighted by atomic mass is 10.0. The summed E-state index contributed by atoms with van der Waals surface area (Å²) in [4.78, 5) is 14.6. The van der Waals surface area contributed by atoms with E-state index in [2.05, 4.69) is 31.0 Å². The van der Waals surface area contributed by atoms with Crippen LogP contribution in [0.3, 0.4) is 0 Å². The quantitative estimate of drug-likeness (QED) is 0.833. The van der Waals surface area contributed by atoms with E-state index in [0.717, 1.165) is 36.4 Å². The first-order valence-electron chi connectivity index (χ1n) is 8.71. The number of ether oxygens (including phenoxy) is 2. The van der Waals surface area contributed by atoms with Crippen LogP contribution in [0.2, 0.25) is 0 Å². The molecule has 1 aromatic carbocycles. The molecule has 134 valence electrons. The molecule has 2 unspecified atom stereocenters.